The molecule has 1 N–H and O–H groups in total. The van der Waals surface area contributed by atoms with Crippen molar-refractivity contribution in [3.63, 3.8) is 0 Å². The number of nitrogens with zero attached hydrogens (tertiary/aromatic N) is 1. The van der Waals surface area contributed by atoms with Crippen molar-refractivity contribution in [2.45, 2.75) is 20.5 Å². The van der Waals surface area contributed by atoms with Gasteiger partial charge in [-0.25, -0.2) is 0 Å². The summed E-state index contributed by atoms with van der Waals surface area (Å²) in [5.41, 5.74) is 4.01. The molecule has 1 fully saturated rings. The molecule has 1 heterocycles. The van der Waals surface area contributed by atoms with E-state index < -0.39 is 0 Å². The summed E-state index contributed by atoms with van der Waals surface area (Å²) >= 11 is 0. The van der Waals surface area contributed by atoms with Crippen LogP contribution in [0.4, 0.5) is 5.69 Å². The summed E-state index contributed by atoms with van der Waals surface area (Å²) in [5.74, 6) is 0.825. The monoisotopic (exact) mass is 354 g/mol. The number of hydrogen-bond acceptors (Lipinski definition) is 4. The van der Waals surface area contributed by atoms with Crippen LogP contribution >= 0.6 is 0 Å². The summed E-state index contributed by atoms with van der Waals surface area (Å²) in [4.78, 5) is 14.5. The summed E-state index contributed by atoms with van der Waals surface area (Å²) in [5, 5.41) is 3.05. The Morgan fingerprint density at radius 1 is 1.12 bits per heavy atom. The molecule has 0 unspecified atom stereocenters. The van der Waals surface area contributed by atoms with Crippen molar-refractivity contribution in [3.05, 3.63) is 59.2 Å². The third kappa shape index (κ3) is 5.07. The van der Waals surface area contributed by atoms with E-state index in [1.807, 2.05) is 56.3 Å². The number of ether oxygens (including phenoxy) is 2. The molecule has 26 heavy (non-hydrogen) atoms. The van der Waals surface area contributed by atoms with E-state index in [9.17, 15) is 4.79 Å². The molecule has 1 saturated heterocycles. The van der Waals surface area contributed by atoms with Gasteiger partial charge >= 0.3 is 0 Å². The number of carbonyl (C=O) groups is 1. The van der Waals surface area contributed by atoms with Crippen molar-refractivity contribution < 1.29 is 14.3 Å². The molecule has 1 aliphatic heterocycles. The van der Waals surface area contributed by atoms with Crippen LogP contribution in [-0.2, 0) is 16.1 Å². The molecule has 0 aliphatic carbocycles. The van der Waals surface area contributed by atoms with Gasteiger partial charge in [-0.05, 0) is 42.7 Å². The van der Waals surface area contributed by atoms with Gasteiger partial charge in [0.05, 0.1) is 19.8 Å². The van der Waals surface area contributed by atoms with Crippen LogP contribution in [0.15, 0.2) is 42.5 Å². The van der Waals surface area contributed by atoms with Crippen molar-refractivity contribution >= 4 is 11.6 Å². The Bertz CT molecular complexity index is 717. The first-order valence-corrected chi connectivity index (χ1v) is 9.00. The van der Waals surface area contributed by atoms with E-state index in [-0.39, 0.29) is 5.91 Å². The van der Waals surface area contributed by atoms with Crippen molar-refractivity contribution in [2.24, 2.45) is 0 Å². The number of rotatable bonds is 6. The van der Waals surface area contributed by atoms with Gasteiger partial charge in [-0.3, -0.25) is 9.69 Å². The van der Waals surface area contributed by atoms with E-state index in [4.69, 9.17) is 9.47 Å². The van der Waals surface area contributed by atoms with E-state index in [2.05, 4.69) is 10.2 Å². The lowest BCUT2D eigenvalue weighted by Gasteiger charge is -2.26. The fourth-order valence-electron chi connectivity index (χ4n) is 3.09. The number of aryl methyl sites for hydroxylation is 2. The Morgan fingerprint density at radius 2 is 1.77 bits per heavy atom. The average Bonchev–Trinajstić information content (AvgIpc) is 2.65. The summed E-state index contributed by atoms with van der Waals surface area (Å²) in [6.45, 7) is 7.91. The molecule has 5 nitrogen and oxygen atoms in total. The second kappa shape index (κ2) is 8.83. The molecule has 1 aliphatic rings. The zero-order valence-electron chi connectivity index (χ0n) is 15.5. The van der Waals surface area contributed by atoms with E-state index in [0.717, 1.165) is 41.2 Å². The largest absolute Gasteiger partial charge is 0.489 e. The number of amides is 1. The van der Waals surface area contributed by atoms with Crippen molar-refractivity contribution in [3.8, 4) is 5.75 Å². The van der Waals surface area contributed by atoms with Gasteiger partial charge in [0.1, 0.15) is 12.4 Å². The molecular weight excluding hydrogens is 328 g/mol. The van der Waals surface area contributed by atoms with Crippen LogP contribution in [0, 0.1) is 13.8 Å². The first kappa shape index (κ1) is 18.4. The van der Waals surface area contributed by atoms with Gasteiger partial charge in [0.2, 0.25) is 5.91 Å². The van der Waals surface area contributed by atoms with Crippen molar-refractivity contribution in [2.75, 3.05) is 38.2 Å². The number of benzene rings is 2. The number of anilines is 1. The highest BCUT2D eigenvalue weighted by Crippen LogP contribution is 2.27. The molecule has 0 bridgehead atoms. The lowest BCUT2D eigenvalue weighted by Crippen LogP contribution is -2.41. The van der Waals surface area contributed by atoms with Crippen LogP contribution in [-0.4, -0.2) is 43.7 Å². The molecule has 0 atom stereocenters. The fraction of sp³-hybridized carbons (Fsp3) is 0.381. The minimum atomic E-state index is 0.0102. The molecule has 2 aromatic carbocycles. The lowest BCUT2D eigenvalue weighted by atomic mass is 10.1. The Balaban J connectivity index is 1.60. The van der Waals surface area contributed by atoms with E-state index in [0.29, 0.717) is 26.4 Å². The number of carbonyl (C=O) groups excluding carboxylic acids is 1. The Labute approximate surface area is 154 Å². The molecule has 0 radical (unpaired) electrons. The quantitative estimate of drug-likeness (QED) is 0.866. The van der Waals surface area contributed by atoms with Gasteiger partial charge in [0.15, 0.2) is 0 Å². The summed E-state index contributed by atoms with van der Waals surface area (Å²) in [7, 11) is 0. The maximum atomic E-state index is 12.4. The molecule has 0 spiro atoms. The zero-order valence-corrected chi connectivity index (χ0v) is 15.5. The van der Waals surface area contributed by atoms with Crippen LogP contribution < -0.4 is 10.1 Å². The molecule has 5 heteroatoms. The predicted molar refractivity (Wildman–Crippen MR) is 103 cm³/mol. The fourth-order valence-corrected chi connectivity index (χ4v) is 3.09. The topological polar surface area (TPSA) is 50.8 Å². The molecule has 2 aromatic rings. The van der Waals surface area contributed by atoms with Crippen LogP contribution in [0.1, 0.15) is 16.7 Å². The average molecular weight is 354 g/mol. The zero-order chi connectivity index (χ0) is 18.4. The molecule has 3 rings (SSSR count). The van der Waals surface area contributed by atoms with Gasteiger partial charge in [0.25, 0.3) is 0 Å². The maximum Gasteiger partial charge on any atom is 0.238 e. The summed E-state index contributed by atoms with van der Waals surface area (Å²) < 4.78 is 11.2. The first-order valence-electron chi connectivity index (χ1n) is 9.00. The number of nitrogens with one attached hydrogen (secondary N) is 1. The van der Waals surface area contributed by atoms with E-state index in [1.165, 1.54) is 0 Å². The smallest absolute Gasteiger partial charge is 0.238 e. The van der Waals surface area contributed by atoms with Gasteiger partial charge in [-0.15, -0.1) is 0 Å². The highest BCUT2D eigenvalue weighted by Gasteiger charge is 2.16. The van der Waals surface area contributed by atoms with E-state index >= 15 is 0 Å². The molecular formula is C21H26N2O3. The maximum absolute atomic E-state index is 12.4. The molecule has 1 amide bonds. The lowest BCUT2D eigenvalue weighted by molar-refractivity contribution is -0.118. The van der Waals surface area contributed by atoms with Gasteiger partial charge in [-0.2, -0.15) is 0 Å². The standard InChI is InChI=1S/C21H26N2O3/c1-16-12-19(26-15-18-6-4-3-5-7-18)13-17(2)21(16)22-20(24)14-23-8-10-25-11-9-23/h3-7,12-13H,8-11,14-15H2,1-2H3,(H,22,24). The SMILES string of the molecule is Cc1cc(OCc2ccccc2)cc(C)c1NC(=O)CN1CCOCC1. The second-order valence-corrected chi connectivity index (χ2v) is 6.64. The molecule has 0 saturated carbocycles. The van der Waals surface area contributed by atoms with Crippen LogP contribution in [0.3, 0.4) is 0 Å². The summed E-state index contributed by atoms with van der Waals surface area (Å²) in [6.07, 6.45) is 0. The second-order valence-electron chi connectivity index (χ2n) is 6.64. The van der Waals surface area contributed by atoms with E-state index in [1.54, 1.807) is 0 Å². The molecule has 0 aromatic heterocycles. The predicted octanol–water partition coefficient (Wildman–Crippen LogP) is 3.15. The Kier molecular flexibility index (Phi) is 6.26. The summed E-state index contributed by atoms with van der Waals surface area (Å²) in [6, 6.07) is 14.0. The third-order valence-corrected chi connectivity index (χ3v) is 4.49. The highest BCUT2D eigenvalue weighted by atomic mass is 16.5. The first-order chi connectivity index (χ1) is 12.6. The van der Waals surface area contributed by atoms with Crippen molar-refractivity contribution in [1.82, 2.24) is 4.90 Å². The van der Waals surface area contributed by atoms with Gasteiger partial charge in [-0.1, -0.05) is 30.3 Å². The minimum Gasteiger partial charge on any atom is -0.489 e. The Hall–Kier alpha value is -2.37. The minimum absolute atomic E-state index is 0.0102. The number of hydrogen-bond donors (Lipinski definition) is 1. The van der Waals surface area contributed by atoms with Crippen molar-refractivity contribution in [1.29, 1.82) is 0 Å². The van der Waals surface area contributed by atoms with Crippen LogP contribution in [0.25, 0.3) is 0 Å². The van der Waals surface area contributed by atoms with Gasteiger partial charge in [0, 0.05) is 18.8 Å². The third-order valence-electron chi connectivity index (χ3n) is 4.49. The highest BCUT2D eigenvalue weighted by molar-refractivity contribution is 5.93. The van der Waals surface area contributed by atoms with Crippen LogP contribution in [0.5, 0.6) is 5.75 Å². The molecule has 138 valence electrons. The number of morpholine rings is 1. The Morgan fingerprint density at radius 3 is 2.42 bits per heavy atom. The van der Waals surface area contributed by atoms with Gasteiger partial charge < -0.3 is 14.8 Å². The van der Waals surface area contributed by atoms with Crippen LogP contribution in [0.2, 0.25) is 0 Å². The normalized spacial score (nSPS) is 14.8.